The van der Waals surface area contributed by atoms with Gasteiger partial charge in [0.05, 0.1) is 6.04 Å². The zero-order chi connectivity index (χ0) is 14.5. The van der Waals surface area contributed by atoms with Gasteiger partial charge < -0.3 is 10.2 Å². The lowest BCUT2D eigenvalue weighted by Crippen LogP contribution is -2.33. The van der Waals surface area contributed by atoms with E-state index in [1.807, 2.05) is 37.3 Å². The number of hydrogen-bond donors (Lipinski definition) is 1. The Kier molecular flexibility index (Phi) is 4.35. The number of halogens is 1. The molecule has 0 fully saturated rings. The first-order valence-corrected chi connectivity index (χ1v) is 6.42. The van der Waals surface area contributed by atoms with E-state index in [-0.39, 0.29) is 17.9 Å². The number of carbonyl (C=O) groups is 1. The molecule has 0 spiro atoms. The summed E-state index contributed by atoms with van der Waals surface area (Å²) < 4.78 is 13.1. The third kappa shape index (κ3) is 3.35. The van der Waals surface area contributed by atoms with E-state index in [0.29, 0.717) is 5.69 Å². The summed E-state index contributed by atoms with van der Waals surface area (Å²) >= 11 is 0. The van der Waals surface area contributed by atoms with Crippen molar-refractivity contribution in [3.8, 4) is 0 Å². The highest BCUT2D eigenvalue weighted by Crippen LogP contribution is 2.19. The van der Waals surface area contributed by atoms with Gasteiger partial charge in [-0.2, -0.15) is 0 Å². The summed E-state index contributed by atoms with van der Waals surface area (Å²) in [7, 11) is 1.71. The fourth-order valence-corrected chi connectivity index (χ4v) is 1.91. The van der Waals surface area contributed by atoms with Crippen LogP contribution in [0.3, 0.4) is 0 Å². The summed E-state index contributed by atoms with van der Waals surface area (Å²) in [5.41, 5.74) is 1.49. The maximum absolute atomic E-state index is 13.1. The van der Waals surface area contributed by atoms with Crippen LogP contribution in [0.15, 0.2) is 54.6 Å². The Balaban J connectivity index is 2.05. The van der Waals surface area contributed by atoms with Gasteiger partial charge in [0.2, 0.25) is 0 Å². The summed E-state index contributed by atoms with van der Waals surface area (Å²) in [5.74, 6) is -0.374. The van der Waals surface area contributed by atoms with Crippen LogP contribution in [0.1, 0.15) is 18.5 Å². The second kappa shape index (κ2) is 6.19. The lowest BCUT2D eigenvalue weighted by molar-refractivity contribution is 0.208. The van der Waals surface area contributed by atoms with E-state index in [9.17, 15) is 9.18 Å². The molecule has 0 radical (unpaired) electrons. The van der Waals surface area contributed by atoms with Gasteiger partial charge in [0.1, 0.15) is 5.82 Å². The Hall–Kier alpha value is -2.36. The van der Waals surface area contributed by atoms with Gasteiger partial charge in [0.15, 0.2) is 0 Å². The molecule has 104 valence electrons. The number of nitrogens with one attached hydrogen (secondary N) is 1. The molecule has 2 aromatic rings. The van der Waals surface area contributed by atoms with Gasteiger partial charge in [-0.1, -0.05) is 36.4 Å². The van der Waals surface area contributed by atoms with E-state index < -0.39 is 0 Å². The van der Waals surface area contributed by atoms with Crippen LogP contribution >= 0.6 is 0 Å². The molecule has 0 aromatic heterocycles. The van der Waals surface area contributed by atoms with Crippen molar-refractivity contribution in [2.24, 2.45) is 0 Å². The average Bonchev–Trinajstić information content (AvgIpc) is 2.46. The zero-order valence-corrected chi connectivity index (χ0v) is 11.5. The molecule has 0 aliphatic carbocycles. The molecule has 1 N–H and O–H groups in total. The van der Waals surface area contributed by atoms with Crippen molar-refractivity contribution in [1.82, 2.24) is 4.90 Å². The predicted molar refractivity (Wildman–Crippen MR) is 78.0 cm³/mol. The molecule has 2 amide bonds. The highest BCUT2D eigenvalue weighted by atomic mass is 19.1. The first kappa shape index (κ1) is 14.1. The Morgan fingerprint density at radius 2 is 1.85 bits per heavy atom. The lowest BCUT2D eigenvalue weighted by atomic mass is 10.1. The summed E-state index contributed by atoms with van der Waals surface area (Å²) in [4.78, 5) is 13.7. The molecule has 1 atom stereocenters. The molecule has 2 aromatic carbocycles. The third-order valence-corrected chi connectivity index (χ3v) is 3.26. The first-order valence-electron chi connectivity index (χ1n) is 6.42. The Morgan fingerprint density at radius 1 is 1.15 bits per heavy atom. The first-order chi connectivity index (χ1) is 9.58. The predicted octanol–water partition coefficient (Wildman–Crippen LogP) is 4.05. The number of urea groups is 1. The Bertz CT molecular complexity index is 586. The van der Waals surface area contributed by atoms with Gasteiger partial charge in [-0.3, -0.25) is 0 Å². The van der Waals surface area contributed by atoms with Crippen LogP contribution in [0.2, 0.25) is 0 Å². The summed E-state index contributed by atoms with van der Waals surface area (Å²) in [6.07, 6.45) is 0. The largest absolute Gasteiger partial charge is 0.322 e. The fourth-order valence-electron chi connectivity index (χ4n) is 1.91. The minimum absolute atomic E-state index is 0.0650. The standard InChI is InChI=1S/C16H17FN2O/c1-12(13-7-4-3-5-8-13)19(2)16(20)18-15-10-6-9-14(17)11-15/h3-12H,1-2H3,(H,18,20). The van der Waals surface area contributed by atoms with Gasteiger partial charge in [0, 0.05) is 12.7 Å². The SMILES string of the molecule is CC(c1ccccc1)N(C)C(=O)Nc1cccc(F)c1. The van der Waals surface area contributed by atoms with E-state index in [1.165, 1.54) is 12.1 Å². The average molecular weight is 272 g/mol. The van der Waals surface area contributed by atoms with Gasteiger partial charge >= 0.3 is 6.03 Å². The number of benzene rings is 2. The van der Waals surface area contributed by atoms with Crippen molar-refractivity contribution in [2.45, 2.75) is 13.0 Å². The Labute approximate surface area is 118 Å². The van der Waals surface area contributed by atoms with Crippen LogP contribution in [0.25, 0.3) is 0 Å². The quantitative estimate of drug-likeness (QED) is 0.898. The fraction of sp³-hybridized carbons (Fsp3) is 0.188. The molecule has 2 rings (SSSR count). The van der Waals surface area contributed by atoms with Crippen molar-refractivity contribution in [3.63, 3.8) is 0 Å². The molecular weight excluding hydrogens is 255 g/mol. The maximum atomic E-state index is 13.1. The molecule has 1 unspecified atom stereocenters. The summed E-state index contributed by atoms with van der Waals surface area (Å²) in [5, 5.41) is 2.68. The molecule has 0 aliphatic heterocycles. The maximum Gasteiger partial charge on any atom is 0.322 e. The van der Waals surface area contributed by atoms with Crippen molar-refractivity contribution in [3.05, 3.63) is 66.0 Å². The summed E-state index contributed by atoms with van der Waals surface area (Å²) in [6, 6.07) is 15.2. The number of anilines is 1. The van der Waals surface area contributed by atoms with Crippen LogP contribution < -0.4 is 5.32 Å². The van der Waals surface area contributed by atoms with Gasteiger partial charge in [-0.15, -0.1) is 0 Å². The van der Waals surface area contributed by atoms with Crippen LogP contribution in [0.4, 0.5) is 14.9 Å². The van der Waals surface area contributed by atoms with Gasteiger partial charge in [-0.05, 0) is 30.7 Å². The van der Waals surface area contributed by atoms with Crippen LogP contribution in [-0.4, -0.2) is 18.0 Å². The Morgan fingerprint density at radius 3 is 2.50 bits per heavy atom. The van der Waals surface area contributed by atoms with Crippen molar-refractivity contribution < 1.29 is 9.18 Å². The second-order valence-electron chi connectivity index (χ2n) is 4.64. The summed E-state index contributed by atoms with van der Waals surface area (Å²) in [6.45, 7) is 1.94. The van der Waals surface area contributed by atoms with Crippen molar-refractivity contribution >= 4 is 11.7 Å². The highest BCUT2D eigenvalue weighted by molar-refractivity contribution is 5.89. The van der Waals surface area contributed by atoms with E-state index in [2.05, 4.69) is 5.32 Å². The van der Waals surface area contributed by atoms with Crippen LogP contribution in [0, 0.1) is 5.82 Å². The monoisotopic (exact) mass is 272 g/mol. The van der Waals surface area contributed by atoms with E-state index in [0.717, 1.165) is 5.56 Å². The van der Waals surface area contributed by atoms with Crippen LogP contribution in [0.5, 0.6) is 0 Å². The molecule has 4 heteroatoms. The molecule has 0 saturated heterocycles. The lowest BCUT2D eigenvalue weighted by Gasteiger charge is -2.25. The van der Waals surface area contributed by atoms with Gasteiger partial charge in [-0.25, -0.2) is 9.18 Å². The second-order valence-corrected chi connectivity index (χ2v) is 4.64. The zero-order valence-electron chi connectivity index (χ0n) is 11.5. The molecule has 20 heavy (non-hydrogen) atoms. The molecule has 0 heterocycles. The normalized spacial score (nSPS) is 11.8. The molecule has 0 saturated carbocycles. The number of hydrogen-bond acceptors (Lipinski definition) is 1. The van der Waals surface area contributed by atoms with Crippen molar-refractivity contribution in [1.29, 1.82) is 0 Å². The van der Waals surface area contributed by atoms with E-state index in [4.69, 9.17) is 0 Å². The third-order valence-electron chi connectivity index (χ3n) is 3.26. The van der Waals surface area contributed by atoms with E-state index >= 15 is 0 Å². The highest BCUT2D eigenvalue weighted by Gasteiger charge is 2.17. The van der Waals surface area contributed by atoms with E-state index in [1.54, 1.807) is 24.1 Å². The number of carbonyl (C=O) groups excluding carboxylic acids is 1. The number of rotatable bonds is 3. The molecule has 0 bridgehead atoms. The topological polar surface area (TPSA) is 32.3 Å². The molecule has 0 aliphatic rings. The number of amides is 2. The van der Waals surface area contributed by atoms with Crippen molar-refractivity contribution in [2.75, 3.05) is 12.4 Å². The number of nitrogens with zero attached hydrogens (tertiary/aromatic N) is 1. The van der Waals surface area contributed by atoms with Gasteiger partial charge in [0.25, 0.3) is 0 Å². The minimum atomic E-state index is -0.374. The van der Waals surface area contributed by atoms with Crippen LogP contribution in [-0.2, 0) is 0 Å². The minimum Gasteiger partial charge on any atom is -0.321 e. The smallest absolute Gasteiger partial charge is 0.321 e. The molecule has 3 nitrogen and oxygen atoms in total. The molecular formula is C16H17FN2O.